The fraction of sp³-hybridized carbons (Fsp3) is 0.310. The first-order chi connectivity index (χ1) is 18.7. The Morgan fingerprint density at radius 2 is 1.54 bits per heavy atom. The monoisotopic (exact) mass is 555 g/mol. The summed E-state index contributed by atoms with van der Waals surface area (Å²) in [6.07, 6.45) is 3.68. The van der Waals surface area contributed by atoms with Gasteiger partial charge >= 0.3 is 0 Å². The Balaban J connectivity index is 1.68. The first-order valence-electron chi connectivity index (χ1n) is 12.8. The lowest BCUT2D eigenvalue weighted by Crippen LogP contribution is -2.52. The minimum atomic E-state index is -4.25. The normalized spacial score (nSPS) is 14.5. The van der Waals surface area contributed by atoms with Gasteiger partial charge in [0.15, 0.2) is 0 Å². The second kappa shape index (κ2) is 12.4. The van der Waals surface area contributed by atoms with Gasteiger partial charge in [0.05, 0.1) is 10.6 Å². The van der Waals surface area contributed by atoms with Crippen LogP contribution in [0.5, 0.6) is 0 Å². The number of benzene rings is 3. The fourth-order valence-corrected chi connectivity index (χ4v) is 6.08. The molecule has 10 heteroatoms. The van der Waals surface area contributed by atoms with E-state index in [2.05, 4.69) is 5.32 Å². The van der Waals surface area contributed by atoms with Crippen molar-refractivity contribution < 1.29 is 26.8 Å². The first-order valence-corrected chi connectivity index (χ1v) is 14.3. The number of carbonyl (C=O) groups is 2. The zero-order chi connectivity index (χ0) is 28.0. The third-order valence-electron chi connectivity index (χ3n) is 6.89. The summed E-state index contributed by atoms with van der Waals surface area (Å²) in [7, 11) is -4.25. The smallest absolute Gasteiger partial charge is 0.264 e. The van der Waals surface area contributed by atoms with Gasteiger partial charge in [-0.3, -0.25) is 13.9 Å². The summed E-state index contributed by atoms with van der Waals surface area (Å²) < 4.78 is 56.4. The van der Waals surface area contributed by atoms with Crippen LogP contribution in [0.1, 0.15) is 38.2 Å². The van der Waals surface area contributed by atoms with Crippen LogP contribution in [-0.2, 0) is 26.2 Å². The van der Waals surface area contributed by atoms with Gasteiger partial charge in [-0.15, -0.1) is 0 Å². The number of hydrogen-bond donors (Lipinski definition) is 1. The number of anilines is 1. The molecule has 0 heterocycles. The maximum Gasteiger partial charge on any atom is 0.264 e. The van der Waals surface area contributed by atoms with Crippen LogP contribution in [0.2, 0.25) is 0 Å². The molecule has 0 saturated heterocycles. The van der Waals surface area contributed by atoms with Gasteiger partial charge in [0.25, 0.3) is 10.0 Å². The van der Waals surface area contributed by atoms with Crippen molar-refractivity contribution >= 4 is 27.5 Å². The van der Waals surface area contributed by atoms with Crippen LogP contribution >= 0.6 is 0 Å². The van der Waals surface area contributed by atoms with Gasteiger partial charge in [-0.1, -0.05) is 49.2 Å². The molecule has 0 radical (unpaired) electrons. The molecule has 1 aliphatic rings. The third-order valence-corrected chi connectivity index (χ3v) is 8.68. The molecular weight excluding hydrogens is 524 g/mol. The van der Waals surface area contributed by atoms with Gasteiger partial charge in [0.1, 0.15) is 24.2 Å². The zero-order valence-electron chi connectivity index (χ0n) is 21.6. The number of halogens is 2. The molecule has 4 rings (SSSR count). The molecule has 7 nitrogen and oxygen atoms in total. The molecule has 0 aliphatic heterocycles. The Kier molecular flexibility index (Phi) is 8.96. The summed E-state index contributed by atoms with van der Waals surface area (Å²) in [6.45, 7) is 0.614. The second-order valence-electron chi connectivity index (χ2n) is 9.58. The van der Waals surface area contributed by atoms with Gasteiger partial charge in [-0.25, -0.2) is 17.2 Å². The van der Waals surface area contributed by atoms with Crippen molar-refractivity contribution in [2.24, 2.45) is 0 Å². The van der Waals surface area contributed by atoms with Crippen LogP contribution in [0, 0.1) is 11.6 Å². The molecular formula is C29H31F2N3O4S. The van der Waals surface area contributed by atoms with Gasteiger partial charge in [-0.2, -0.15) is 0 Å². The molecule has 0 spiro atoms. The number of amides is 2. The Bertz CT molecular complexity index is 1400. The molecule has 0 bridgehead atoms. The van der Waals surface area contributed by atoms with E-state index < -0.39 is 46.1 Å². The number of nitrogens with one attached hydrogen (secondary N) is 1. The molecule has 2 amide bonds. The summed E-state index contributed by atoms with van der Waals surface area (Å²) in [6, 6.07) is 17.2. The summed E-state index contributed by atoms with van der Waals surface area (Å²) in [5, 5.41) is 2.96. The highest BCUT2D eigenvalue weighted by molar-refractivity contribution is 7.92. The average Bonchev–Trinajstić information content (AvgIpc) is 3.45. The molecule has 1 N–H and O–H groups in total. The summed E-state index contributed by atoms with van der Waals surface area (Å²) in [5.74, 6) is -2.23. The van der Waals surface area contributed by atoms with Gasteiger partial charge in [0, 0.05) is 18.2 Å². The molecule has 39 heavy (non-hydrogen) atoms. The van der Waals surface area contributed by atoms with Crippen molar-refractivity contribution in [3.8, 4) is 0 Å². The Morgan fingerprint density at radius 1 is 0.923 bits per heavy atom. The molecule has 1 saturated carbocycles. The Hall–Kier alpha value is -3.79. The predicted molar refractivity (Wildman–Crippen MR) is 144 cm³/mol. The fourth-order valence-electron chi connectivity index (χ4n) is 4.64. The van der Waals surface area contributed by atoms with Crippen LogP contribution in [0.3, 0.4) is 0 Å². The standard InChI is InChI=1S/C29H31F2N3O4S/c1-21(29(36)32-24-10-6-7-11-24)33(19-22-9-5-8-14-27(22)31)28(35)20-34(25-17-15-23(30)16-18-25)39(37,38)26-12-3-2-4-13-26/h2-5,8-9,12-18,21,24H,6-7,10-11,19-20H2,1H3,(H,32,36). The van der Waals surface area contributed by atoms with Crippen molar-refractivity contribution in [2.45, 2.75) is 56.1 Å². The minimum absolute atomic E-state index is 0.000430. The lowest BCUT2D eigenvalue weighted by atomic mass is 10.1. The van der Waals surface area contributed by atoms with E-state index in [9.17, 15) is 26.8 Å². The number of nitrogens with zero attached hydrogens (tertiary/aromatic N) is 2. The van der Waals surface area contributed by atoms with Crippen molar-refractivity contribution in [3.05, 3.63) is 96.1 Å². The molecule has 1 unspecified atom stereocenters. The third kappa shape index (κ3) is 6.81. The summed E-state index contributed by atoms with van der Waals surface area (Å²) >= 11 is 0. The Labute approximate surface area is 227 Å². The van der Waals surface area contributed by atoms with Gasteiger partial charge < -0.3 is 10.2 Å². The van der Waals surface area contributed by atoms with E-state index in [4.69, 9.17) is 0 Å². The van der Waals surface area contributed by atoms with Crippen LogP contribution in [-0.4, -0.2) is 43.8 Å². The van der Waals surface area contributed by atoms with E-state index in [1.54, 1.807) is 24.3 Å². The highest BCUT2D eigenvalue weighted by Gasteiger charge is 2.33. The van der Waals surface area contributed by atoms with E-state index in [0.29, 0.717) is 0 Å². The van der Waals surface area contributed by atoms with Crippen molar-refractivity contribution in [1.29, 1.82) is 0 Å². The van der Waals surface area contributed by atoms with Crippen LogP contribution in [0.15, 0.2) is 83.8 Å². The minimum Gasteiger partial charge on any atom is -0.352 e. The predicted octanol–water partition coefficient (Wildman–Crippen LogP) is 4.64. The molecule has 206 valence electrons. The van der Waals surface area contributed by atoms with Gasteiger partial charge in [-0.05, 0) is 62.2 Å². The van der Waals surface area contributed by atoms with Crippen molar-refractivity contribution in [1.82, 2.24) is 10.2 Å². The van der Waals surface area contributed by atoms with Crippen LogP contribution in [0.4, 0.5) is 14.5 Å². The summed E-state index contributed by atoms with van der Waals surface area (Å²) in [5.41, 5.74) is 0.258. The Morgan fingerprint density at radius 3 is 2.18 bits per heavy atom. The molecule has 3 aromatic rings. The number of sulfonamides is 1. The van der Waals surface area contributed by atoms with E-state index in [1.165, 1.54) is 54.3 Å². The van der Waals surface area contributed by atoms with Crippen LogP contribution in [0.25, 0.3) is 0 Å². The van der Waals surface area contributed by atoms with E-state index in [-0.39, 0.29) is 28.7 Å². The lowest BCUT2D eigenvalue weighted by Gasteiger charge is -2.32. The van der Waals surface area contributed by atoms with Crippen LogP contribution < -0.4 is 9.62 Å². The molecule has 1 aliphatic carbocycles. The number of carbonyl (C=O) groups excluding carboxylic acids is 2. The molecule has 3 aromatic carbocycles. The highest BCUT2D eigenvalue weighted by Crippen LogP contribution is 2.25. The lowest BCUT2D eigenvalue weighted by molar-refractivity contribution is -0.139. The average molecular weight is 556 g/mol. The SMILES string of the molecule is CC(C(=O)NC1CCCC1)N(Cc1ccccc1F)C(=O)CN(c1ccc(F)cc1)S(=O)(=O)c1ccccc1. The number of hydrogen-bond acceptors (Lipinski definition) is 4. The first kappa shape index (κ1) is 28.2. The quantitative estimate of drug-likeness (QED) is 0.395. The van der Waals surface area contributed by atoms with E-state index in [0.717, 1.165) is 42.1 Å². The molecule has 1 fully saturated rings. The summed E-state index contributed by atoms with van der Waals surface area (Å²) in [4.78, 5) is 28.1. The van der Waals surface area contributed by atoms with Gasteiger partial charge in [0.2, 0.25) is 11.8 Å². The molecule has 1 atom stereocenters. The maximum atomic E-state index is 14.6. The largest absolute Gasteiger partial charge is 0.352 e. The van der Waals surface area contributed by atoms with Crippen molar-refractivity contribution in [3.63, 3.8) is 0 Å². The maximum absolute atomic E-state index is 14.6. The van der Waals surface area contributed by atoms with Crippen molar-refractivity contribution in [2.75, 3.05) is 10.8 Å². The highest BCUT2D eigenvalue weighted by atomic mass is 32.2. The molecule has 0 aromatic heterocycles. The van der Waals surface area contributed by atoms with E-state index >= 15 is 0 Å². The van der Waals surface area contributed by atoms with E-state index in [1.807, 2.05) is 0 Å². The second-order valence-corrected chi connectivity index (χ2v) is 11.4. The topological polar surface area (TPSA) is 86.8 Å². The number of rotatable bonds is 10. The zero-order valence-corrected chi connectivity index (χ0v) is 22.4.